The van der Waals surface area contributed by atoms with Crippen LogP contribution in [0.2, 0.25) is 0 Å². The standard InChI is InChI=1S/C21H13FO4/c1-26-21(25)18-15(11-6-8-12(22)9-7-11)10-16-17(18)20(24)14-5-3-2-4-13(14)19(16)23/h2-9H,10H2,1H3. The second kappa shape index (κ2) is 5.88. The van der Waals surface area contributed by atoms with Crippen LogP contribution in [0.1, 0.15) is 32.7 Å². The molecule has 5 heteroatoms. The predicted molar refractivity (Wildman–Crippen MR) is 92.1 cm³/mol. The van der Waals surface area contributed by atoms with Crippen LogP contribution in [0.25, 0.3) is 5.57 Å². The van der Waals surface area contributed by atoms with Gasteiger partial charge in [-0.3, -0.25) is 9.59 Å². The summed E-state index contributed by atoms with van der Waals surface area (Å²) in [6, 6.07) is 12.1. The zero-order chi connectivity index (χ0) is 18.4. The highest BCUT2D eigenvalue weighted by Crippen LogP contribution is 2.44. The topological polar surface area (TPSA) is 60.4 Å². The summed E-state index contributed by atoms with van der Waals surface area (Å²) >= 11 is 0. The molecule has 4 rings (SSSR count). The van der Waals surface area contributed by atoms with Crippen molar-refractivity contribution in [2.45, 2.75) is 6.42 Å². The van der Waals surface area contributed by atoms with Crippen LogP contribution in [-0.4, -0.2) is 24.6 Å². The number of benzene rings is 2. The van der Waals surface area contributed by atoms with Gasteiger partial charge >= 0.3 is 5.97 Å². The summed E-state index contributed by atoms with van der Waals surface area (Å²) in [6.45, 7) is 0. The summed E-state index contributed by atoms with van der Waals surface area (Å²) in [7, 11) is 1.22. The summed E-state index contributed by atoms with van der Waals surface area (Å²) in [4.78, 5) is 38.3. The molecule has 0 atom stereocenters. The van der Waals surface area contributed by atoms with Gasteiger partial charge in [0, 0.05) is 28.7 Å². The zero-order valence-electron chi connectivity index (χ0n) is 13.8. The summed E-state index contributed by atoms with van der Waals surface area (Å²) < 4.78 is 18.1. The number of esters is 1. The number of hydrogen-bond acceptors (Lipinski definition) is 4. The normalized spacial score (nSPS) is 15.9. The molecule has 0 saturated carbocycles. The van der Waals surface area contributed by atoms with E-state index >= 15 is 0 Å². The Balaban J connectivity index is 1.92. The monoisotopic (exact) mass is 348 g/mol. The molecule has 4 nitrogen and oxygen atoms in total. The van der Waals surface area contributed by atoms with Crippen molar-refractivity contribution in [3.05, 3.63) is 87.8 Å². The number of ketones is 2. The lowest BCUT2D eigenvalue weighted by Crippen LogP contribution is -2.22. The van der Waals surface area contributed by atoms with E-state index in [-0.39, 0.29) is 40.3 Å². The second-order valence-corrected chi connectivity index (χ2v) is 6.09. The van der Waals surface area contributed by atoms with Crippen LogP contribution < -0.4 is 0 Å². The van der Waals surface area contributed by atoms with Gasteiger partial charge in [0.25, 0.3) is 0 Å². The van der Waals surface area contributed by atoms with Crippen LogP contribution in [0.5, 0.6) is 0 Å². The molecule has 0 N–H and O–H groups in total. The highest BCUT2D eigenvalue weighted by Gasteiger charge is 2.41. The maximum atomic E-state index is 13.3. The van der Waals surface area contributed by atoms with E-state index in [1.807, 2.05) is 0 Å². The lowest BCUT2D eigenvalue weighted by molar-refractivity contribution is -0.135. The third kappa shape index (κ3) is 2.24. The van der Waals surface area contributed by atoms with Gasteiger partial charge in [0.1, 0.15) is 5.82 Å². The number of Topliss-reactive ketones (excluding diaryl/α,β-unsaturated/α-hetero) is 2. The van der Waals surface area contributed by atoms with Crippen molar-refractivity contribution in [3.8, 4) is 0 Å². The highest BCUT2D eigenvalue weighted by atomic mass is 19.1. The minimum Gasteiger partial charge on any atom is -0.465 e. The minimum absolute atomic E-state index is 0.0851. The Bertz CT molecular complexity index is 1040. The van der Waals surface area contributed by atoms with Gasteiger partial charge < -0.3 is 4.74 Å². The first-order chi connectivity index (χ1) is 12.5. The van der Waals surface area contributed by atoms with Gasteiger partial charge in [-0.2, -0.15) is 0 Å². The van der Waals surface area contributed by atoms with E-state index in [0.717, 1.165) is 0 Å². The molecule has 0 fully saturated rings. The molecule has 2 aliphatic carbocycles. The van der Waals surface area contributed by atoms with E-state index in [2.05, 4.69) is 0 Å². The van der Waals surface area contributed by atoms with Crippen molar-refractivity contribution in [2.24, 2.45) is 0 Å². The third-order valence-corrected chi connectivity index (χ3v) is 4.71. The summed E-state index contributed by atoms with van der Waals surface area (Å²) in [5.41, 5.74) is 2.15. The smallest absolute Gasteiger partial charge is 0.338 e. The van der Waals surface area contributed by atoms with E-state index in [4.69, 9.17) is 4.74 Å². The zero-order valence-corrected chi connectivity index (χ0v) is 13.8. The highest BCUT2D eigenvalue weighted by molar-refractivity contribution is 6.34. The van der Waals surface area contributed by atoms with Crippen molar-refractivity contribution in [3.63, 3.8) is 0 Å². The van der Waals surface area contributed by atoms with Crippen LogP contribution in [0.4, 0.5) is 4.39 Å². The molecule has 0 spiro atoms. The first kappa shape index (κ1) is 16.1. The molecule has 2 aromatic carbocycles. The fourth-order valence-electron chi connectivity index (χ4n) is 3.50. The Kier molecular flexibility index (Phi) is 3.65. The van der Waals surface area contributed by atoms with Gasteiger partial charge in [0.2, 0.25) is 0 Å². The SMILES string of the molecule is COC(=O)C1=C(c2ccc(F)cc2)CC2=C1C(=O)c1ccccc1C2=O. The molecule has 0 aliphatic heterocycles. The Morgan fingerprint density at radius 2 is 1.54 bits per heavy atom. The Hall–Kier alpha value is -3.34. The molecule has 2 aliphatic rings. The Morgan fingerprint density at radius 3 is 2.15 bits per heavy atom. The number of halogens is 1. The first-order valence-corrected chi connectivity index (χ1v) is 8.02. The molecule has 0 unspecified atom stereocenters. The summed E-state index contributed by atoms with van der Waals surface area (Å²) in [6.07, 6.45) is 0.129. The second-order valence-electron chi connectivity index (χ2n) is 6.09. The van der Waals surface area contributed by atoms with Gasteiger partial charge in [0.15, 0.2) is 11.6 Å². The van der Waals surface area contributed by atoms with Gasteiger partial charge in [-0.05, 0) is 23.3 Å². The third-order valence-electron chi connectivity index (χ3n) is 4.71. The molecule has 0 heterocycles. The van der Waals surface area contributed by atoms with Gasteiger partial charge in [0.05, 0.1) is 12.7 Å². The molecular weight excluding hydrogens is 335 g/mol. The number of ether oxygens (including phenoxy) is 1. The average molecular weight is 348 g/mol. The van der Waals surface area contributed by atoms with E-state index in [1.54, 1.807) is 24.3 Å². The van der Waals surface area contributed by atoms with E-state index in [9.17, 15) is 18.8 Å². The van der Waals surface area contributed by atoms with E-state index in [1.165, 1.54) is 31.4 Å². The molecule has 0 saturated heterocycles. The average Bonchev–Trinajstić information content (AvgIpc) is 3.07. The number of methoxy groups -OCH3 is 1. The van der Waals surface area contributed by atoms with Crippen molar-refractivity contribution >= 4 is 23.1 Å². The quantitative estimate of drug-likeness (QED) is 0.779. The van der Waals surface area contributed by atoms with Gasteiger partial charge in [-0.25, -0.2) is 9.18 Å². The number of allylic oxidation sites excluding steroid dienone is 2. The van der Waals surface area contributed by atoms with Crippen LogP contribution in [0.3, 0.4) is 0 Å². The molecule has 26 heavy (non-hydrogen) atoms. The lowest BCUT2D eigenvalue weighted by atomic mass is 9.83. The Morgan fingerprint density at radius 1 is 0.923 bits per heavy atom. The van der Waals surface area contributed by atoms with Crippen LogP contribution >= 0.6 is 0 Å². The maximum absolute atomic E-state index is 13.3. The maximum Gasteiger partial charge on any atom is 0.338 e. The van der Waals surface area contributed by atoms with Gasteiger partial charge in [-0.1, -0.05) is 36.4 Å². The number of hydrogen-bond donors (Lipinski definition) is 0. The van der Waals surface area contributed by atoms with Crippen molar-refractivity contribution in [1.82, 2.24) is 0 Å². The van der Waals surface area contributed by atoms with Crippen LogP contribution in [0.15, 0.2) is 65.3 Å². The minimum atomic E-state index is -0.685. The Labute approximate surface area is 148 Å². The van der Waals surface area contributed by atoms with E-state index < -0.39 is 11.8 Å². The van der Waals surface area contributed by atoms with Crippen molar-refractivity contribution in [1.29, 1.82) is 0 Å². The fraction of sp³-hybridized carbons (Fsp3) is 0.0952. The number of fused-ring (bicyclic) bond motifs is 1. The van der Waals surface area contributed by atoms with Crippen LogP contribution in [-0.2, 0) is 9.53 Å². The number of carbonyl (C=O) groups excluding carboxylic acids is 3. The summed E-state index contributed by atoms with van der Waals surface area (Å²) in [5.74, 6) is -1.74. The largest absolute Gasteiger partial charge is 0.465 e. The molecule has 0 aromatic heterocycles. The molecule has 2 aromatic rings. The van der Waals surface area contributed by atoms with E-state index in [0.29, 0.717) is 16.7 Å². The van der Waals surface area contributed by atoms with Gasteiger partial charge in [-0.15, -0.1) is 0 Å². The summed E-state index contributed by atoms with van der Waals surface area (Å²) in [5, 5.41) is 0. The van der Waals surface area contributed by atoms with Crippen molar-refractivity contribution < 1.29 is 23.5 Å². The lowest BCUT2D eigenvalue weighted by Gasteiger charge is -2.17. The fourth-order valence-corrected chi connectivity index (χ4v) is 3.50. The molecule has 128 valence electrons. The first-order valence-electron chi connectivity index (χ1n) is 8.02. The molecule has 0 amide bonds. The predicted octanol–water partition coefficient (Wildman–Crippen LogP) is 3.53. The number of carbonyl (C=O) groups is 3. The molecule has 0 radical (unpaired) electrons. The van der Waals surface area contributed by atoms with Crippen LogP contribution in [0, 0.1) is 5.82 Å². The molecule has 0 bridgehead atoms. The van der Waals surface area contributed by atoms with Crippen molar-refractivity contribution in [2.75, 3.05) is 7.11 Å². The number of rotatable bonds is 2. The molecular formula is C21H13FO4.